The second kappa shape index (κ2) is 8.21. The lowest BCUT2D eigenvalue weighted by atomic mass is 9.96. The molecule has 4 heterocycles. The quantitative estimate of drug-likeness (QED) is 0.716. The van der Waals surface area contributed by atoms with Crippen LogP contribution in [0.1, 0.15) is 30.3 Å². The van der Waals surface area contributed by atoms with Gasteiger partial charge in [-0.05, 0) is 18.9 Å². The second-order valence-electron chi connectivity index (χ2n) is 6.25. The Morgan fingerprint density at radius 1 is 1.26 bits per heavy atom. The van der Waals surface area contributed by atoms with Crippen molar-refractivity contribution >= 4 is 17.4 Å². The van der Waals surface area contributed by atoms with Gasteiger partial charge in [0, 0.05) is 49.7 Å². The first-order chi connectivity index (χ1) is 13.3. The molecule has 1 N–H and O–H groups in total. The fraction of sp³-hybridized carbons (Fsp3) is 0.412. The number of carbonyl (C=O) groups excluding carboxylic acids is 1. The molecule has 4 rings (SSSR count). The third-order valence-electron chi connectivity index (χ3n) is 4.49. The van der Waals surface area contributed by atoms with E-state index in [1.165, 1.54) is 17.7 Å². The van der Waals surface area contributed by atoms with Gasteiger partial charge in [0.25, 0.3) is 0 Å². The van der Waals surface area contributed by atoms with Crippen LogP contribution in [0, 0.1) is 0 Å². The smallest absolute Gasteiger partial charge is 0.317 e. The minimum absolute atomic E-state index is 0.0385. The summed E-state index contributed by atoms with van der Waals surface area (Å²) in [6.07, 6.45) is 7.12. The summed E-state index contributed by atoms with van der Waals surface area (Å²) in [4.78, 5) is 31.2. The van der Waals surface area contributed by atoms with Gasteiger partial charge in [-0.25, -0.2) is 19.7 Å². The second-order valence-corrected chi connectivity index (χ2v) is 7.11. The molecule has 0 unspecified atom stereocenters. The molecule has 10 heteroatoms. The monoisotopic (exact) mass is 385 g/mol. The minimum Gasteiger partial charge on any atom is -0.343 e. The van der Waals surface area contributed by atoms with Crippen LogP contribution in [-0.2, 0) is 6.42 Å². The summed E-state index contributed by atoms with van der Waals surface area (Å²) in [5.41, 5.74) is 0.929. The molecule has 0 aliphatic carbocycles. The molecule has 0 spiro atoms. The highest BCUT2D eigenvalue weighted by atomic mass is 32.1. The van der Waals surface area contributed by atoms with E-state index in [2.05, 4.69) is 30.4 Å². The molecule has 1 fully saturated rings. The van der Waals surface area contributed by atoms with Crippen molar-refractivity contribution in [2.75, 3.05) is 19.6 Å². The summed E-state index contributed by atoms with van der Waals surface area (Å²) >= 11 is 1.51. The van der Waals surface area contributed by atoms with E-state index in [1.807, 2.05) is 10.3 Å². The number of nitrogens with zero attached hydrogens (tertiary/aromatic N) is 6. The highest BCUT2D eigenvalue weighted by Crippen LogP contribution is 2.25. The summed E-state index contributed by atoms with van der Waals surface area (Å²) in [6.45, 7) is 1.93. The van der Waals surface area contributed by atoms with Crippen LogP contribution in [0.2, 0.25) is 0 Å². The summed E-state index contributed by atoms with van der Waals surface area (Å²) in [6, 6.07) is 1.74. The van der Waals surface area contributed by atoms with E-state index in [-0.39, 0.29) is 11.9 Å². The normalized spacial score (nSPS) is 15.0. The van der Waals surface area contributed by atoms with Crippen LogP contribution in [0.3, 0.4) is 0 Å². The number of nitrogens with one attached hydrogen (secondary N) is 1. The van der Waals surface area contributed by atoms with Crippen LogP contribution in [-0.4, -0.2) is 55.7 Å². The Morgan fingerprint density at radius 3 is 2.81 bits per heavy atom. The fourth-order valence-electron chi connectivity index (χ4n) is 3.04. The summed E-state index contributed by atoms with van der Waals surface area (Å²) in [5.74, 6) is 1.63. The van der Waals surface area contributed by atoms with Crippen LogP contribution in [0.4, 0.5) is 4.79 Å². The SMILES string of the molecule is O=C(NCCc1csc(-c2ncccn2)n1)N1CCC(c2ncon2)CC1. The van der Waals surface area contributed by atoms with Crippen molar-refractivity contribution in [3.8, 4) is 10.8 Å². The maximum Gasteiger partial charge on any atom is 0.317 e. The molecular formula is C17H19N7O2S. The first kappa shape index (κ1) is 17.5. The molecule has 2 amide bonds. The molecule has 9 nitrogen and oxygen atoms in total. The highest BCUT2D eigenvalue weighted by Gasteiger charge is 2.26. The van der Waals surface area contributed by atoms with Crippen molar-refractivity contribution in [1.82, 2.24) is 35.3 Å². The van der Waals surface area contributed by atoms with Crippen LogP contribution >= 0.6 is 11.3 Å². The lowest BCUT2D eigenvalue weighted by Crippen LogP contribution is -2.44. The van der Waals surface area contributed by atoms with Crippen LogP contribution in [0.15, 0.2) is 34.8 Å². The molecule has 140 valence electrons. The predicted octanol–water partition coefficient (Wildman–Crippen LogP) is 2.11. The van der Waals surface area contributed by atoms with Crippen molar-refractivity contribution in [2.45, 2.75) is 25.2 Å². The van der Waals surface area contributed by atoms with Crippen molar-refractivity contribution < 1.29 is 9.32 Å². The van der Waals surface area contributed by atoms with Crippen LogP contribution in [0.5, 0.6) is 0 Å². The largest absolute Gasteiger partial charge is 0.343 e. The number of rotatable bonds is 5. The number of thiazole rings is 1. The van der Waals surface area contributed by atoms with Gasteiger partial charge in [0.15, 0.2) is 16.7 Å². The Morgan fingerprint density at radius 2 is 2.07 bits per heavy atom. The van der Waals surface area contributed by atoms with Gasteiger partial charge < -0.3 is 14.7 Å². The van der Waals surface area contributed by atoms with E-state index in [1.54, 1.807) is 18.5 Å². The Bertz CT molecular complexity index is 861. The van der Waals surface area contributed by atoms with Gasteiger partial charge in [0.05, 0.1) is 5.69 Å². The zero-order valence-corrected chi connectivity index (χ0v) is 15.4. The van der Waals surface area contributed by atoms with Gasteiger partial charge >= 0.3 is 6.03 Å². The zero-order chi connectivity index (χ0) is 18.5. The third-order valence-corrected chi connectivity index (χ3v) is 5.38. The van der Waals surface area contributed by atoms with Gasteiger partial charge in [-0.1, -0.05) is 5.16 Å². The maximum atomic E-state index is 12.3. The Kier molecular flexibility index (Phi) is 5.33. The third kappa shape index (κ3) is 4.27. The molecule has 0 radical (unpaired) electrons. The first-order valence-electron chi connectivity index (χ1n) is 8.80. The lowest BCUT2D eigenvalue weighted by Gasteiger charge is -2.30. The van der Waals surface area contributed by atoms with E-state index < -0.39 is 0 Å². The zero-order valence-electron chi connectivity index (χ0n) is 14.6. The van der Waals surface area contributed by atoms with E-state index in [9.17, 15) is 4.79 Å². The minimum atomic E-state index is -0.0385. The van der Waals surface area contributed by atoms with Gasteiger partial charge in [-0.3, -0.25) is 0 Å². The number of urea groups is 1. The fourth-order valence-corrected chi connectivity index (χ4v) is 3.84. The van der Waals surface area contributed by atoms with Gasteiger partial charge in [0.2, 0.25) is 6.39 Å². The number of hydrogen-bond donors (Lipinski definition) is 1. The summed E-state index contributed by atoms with van der Waals surface area (Å²) < 4.78 is 4.80. The van der Waals surface area contributed by atoms with Crippen molar-refractivity contribution in [2.24, 2.45) is 0 Å². The Balaban J connectivity index is 1.22. The molecular weight excluding hydrogens is 366 g/mol. The van der Waals surface area contributed by atoms with E-state index in [4.69, 9.17) is 4.52 Å². The molecule has 27 heavy (non-hydrogen) atoms. The molecule has 1 aliphatic heterocycles. The molecule has 0 atom stereocenters. The lowest BCUT2D eigenvalue weighted by molar-refractivity contribution is 0.180. The van der Waals surface area contributed by atoms with E-state index in [0.29, 0.717) is 31.9 Å². The Labute approximate surface area is 159 Å². The predicted molar refractivity (Wildman–Crippen MR) is 98.1 cm³/mol. The standard InChI is InChI=1S/C17H19N7O2S/c25-17(24-8-3-12(4-9-24)14-21-11-26-23-14)20-7-2-13-10-27-16(22-13)15-18-5-1-6-19-15/h1,5-6,10-12H,2-4,7-9H2,(H,20,25). The average molecular weight is 385 g/mol. The number of hydrogen-bond acceptors (Lipinski definition) is 8. The van der Waals surface area contributed by atoms with E-state index in [0.717, 1.165) is 29.4 Å². The van der Waals surface area contributed by atoms with Crippen molar-refractivity contribution in [1.29, 1.82) is 0 Å². The number of likely N-dealkylation sites (tertiary alicyclic amines) is 1. The van der Waals surface area contributed by atoms with Gasteiger partial charge in [0.1, 0.15) is 0 Å². The topological polar surface area (TPSA) is 110 Å². The van der Waals surface area contributed by atoms with Crippen LogP contribution in [0.25, 0.3) is 10.8 Å². The molecule has 3 aromatic rings. The number of carbonyl (C=O) groups is 1. The van der Waals surface area contributed by atoms with Gasteiger partial charge in [-0.15, -0.1) is 11.3 Å². The average Bonchev–Trinajstić information content (AvgIpc) is 3.41. The van der Waals surface area contributed by atoms with Gasteiger partial charge in [-0.2, -0.15) is 4.98 Å². The van der Waals surface area contributed by atoms with Crippen molar-refractivity contribution in [3.05, 3.63) is 41.8 Å². The molecule has 3 aromatic heterocycles. The summed E-state index contributed by atoms with van der Waals surface area (Å²) in [5, 5.41) is 9.64. The van der Waals surface area contributed by atoms with Crippen molar-refractivity contribution in [3.63, 3.8) is 0 Å². The first-order valence-corrected chi connectivity index (χ1v) is 9.68. The van der Waals surface area contributed by atoms with E-state index >= 15 is 0 Å². The maximum absolute atomic E-state index is 12.3. The number of amides is 2. The van der Waals surface area contributed by atoms with Crippen LogP contribution < -0.4 is 5.32 Å². The molecule has 0 bridgehead atoms. The Hall–Kier alpha value is -2.88. The summed E-state index contributed by atoms with van der Waals surface area (Å²) in [7, 11) is 0. The molecule has 0 aromatic carbocycles. The highest BCUT2D eigenvalue weighted by molar-refractivity contribution is 7.13. The molecule has 0 saturated carbocycles. The molecule has 1 aliphatic rings. The number of piperidine rings is 1. The molecule has 1 saturated heterocycles. The number of aromatic nitrogens is 5.